The largest absolute Gasteiger partial charge is 0.333 e. The van der Waals surface area contributed by atoms with E-state index in [-0.39, 0.29) is 30.1 Å². The van der Waals surface area contributed by atoms with E-state index in [1.807, 2.05) is 12.3 Å². The van der Waals surface area contributed by atoms with Gasteiger partial charge in [-0.05, 0) is 76.0 Å². The summed E-state index contributed by atoms with van der Waals surface area (Å²) in [6, 6.07) is 0.174. The van der Waals surface area contributed by atoms with Gasteiger partial charge in [0.15, 0.2) is 5.13 Å². The molecule has 0 radical (unpaired) electrons. The number of amides is 3. The number of thiazole rings is 1. The highest BCUT2D eigenvalue weighted by atomic mass is 32.1. The van der Waals surface area contributed by atoms with Gasteiger partial charge in [-0.2, -0.15) is 0 Å². The maximum absolute atomic E-state index is 13.1. The van der Waals surface area contributed by atoms with Crippen LogP contribution in [0.2, 0.25) is 0 Å². The lowest BCUT2D eigenvalue weighted by atomic mass is 9.53. The number of carbonyl (C=O) groups excluding carboxylic acids is 2. The molecule has 0 aromatic carbocycles. The molecule has 4 bridgehead atoms. The Morgan fingerprint density at radius 2 is 1.81 bits per heavy atom. The zero-order valence-corrected chi connectivity index (χ0v) is 16.7. The highest BCUT2D eigenvalue weighted by Crippen LogP contribution is 2.55. The van der Waals surface area contributed by atoms with Gasteiger partial charge in [0.25, 0.3) is 0 Å². The summed E-state index contributed by atoms with van der Waals surface area (Å²) in [6.07, 6.45) is 9.47. The van der Waals surface area contributed by atoms with Gasteiger partial charge >= 0.3 is 6.03 Å². The van der Waals surface area contributed by atoms with Gasteiger partial charge in [-0.1, -0.05) is 0 Å². The number of rotatable bonds is 5. The Hall–Kier alpha value is -1.63. The molecule has 3 amide bonds. The number of nitrogens with zero attached hydrogens (tertiary/aromatic N) is 2. The summed E-state index contributed by atoms with van der Waals surface area (Å²) in [7, 11) is 0. The second-order valence-electron chi connectivity index (χ2n) is 9.33. The van der Waals surface area contributed by atoms with Gasteiger partial charge in [-0.3, -0.25) is 4.79 Å². The van der Waals surface area contributed by atoms with Crippen LogP contribution in [0, 0.1) is 24.7 Å². The molecule has 0 unspecified atom stereocenters. The molecule has 0 spiro atoms. The van der Waals surface area contributed by atoms with Crippen LogP contribution in [0.4, 0.5) is 9.93 Å². The molecule has 2 N–H and O–H groups in total. The molecule has 5 saturated carbocycles. The third-order valence-corrected chi connectivity index (χ3v) is 7.71. The Kier molecular flexibility index (Phi) is 4.18. The maximum atomic E-state index is 13.1. The number of aromatic nitrogens is 1. The molecule has 5 aliphatic rings. The number of hydrogen-bond acceptors (Lipinski definition) is 4. The van der Waals surface area contributed by atoms with Gasteiger partial charge < -0.3 is 15.5 Å². The van der Waals surface area contributed by atoms with E-state index in [1.165, 1.54) is 30.6 Å². The van der Waals surface area contributed by atoms with Gasteiger partial charge in [0.2, 0.25) is 5.91 Å². The van der Waals surface area contributed by atoms with E-state index < -0.39 is 0 Å². The topological polar surface area (TPSA) is 74.3 Å². The number of urea groups is 1. The molecule has 7 heteroatoms. The summed E-state index contributed by atoms with van der Waals surface area (Å²) in [5, 5.41) is 8.77. The lowest BCUT2D eigenvalue weighted by Gasteiger charge is -2.57. The van der Waals surface area contributed by atoms with Crippen molar-refractivity contribution in [2.24, 2.45) is 17.8 Å². The van der Waals surface area contributed by atoms with Crippen LogP contribution < -0.4 is 10.6 Å². The van der Waals surface area contributed by atoms with Crippen molar-refractivity contribution in [1.82, 2.24) is 15.2 Å². The molecule has 5 fully saturated rings. The van der Waals surface area contributed by atoms with Crippen molar-refractivity contribution in [2.45, 2.75) is 69.9 Å². The zero-order chi connectivity index (χ0) is 18.6. The summed E-state index contributed by atoms with van der Waals surface area (Å²) >= 11 is 1.42. The van der Waals surface area contributed by atoms with Crippen molar-refractivity contribution in [3.05, 3.63) is 11.1 Å². The minimum atomic E-state index is -0.156. The molecule has 6 rings (SSSR count). The van der Waals surface area contributed by atoms with E-state index in [9.17, 15) is 9.59 Å². The Morgan fingerprint density at radius 3 is 2.33 bits per heavy atom. The van der Waals surface area contributed by atoms with Crippen LogP contribution >= 0.6 is 11.3 Å². The fourth-order valence-corrected chi connectivity index (χ4v) is 6.74. The van der Waals surface area contributed by atoms with Crippen molar-refractivity contribution >= 4 is 28.4 Å². The van der Waals surface area contributed by atoms with Gasteiger partial charge in [-0.15, -0.1) is 11.3 Å². The summed E-state index contributed by atoms with van der Waals surface area (Å²) in [6.45, 7) is 2.02. The predicted molar refractivity (Wildman–Crippen MR) is 105 cm³/mol. The van der Waals surface area contributed by atoms with E-state index in [2.05, 4.69) is 15.6 Å². The normalized spacial score (nSPS) is 33.7. The molecule has 1 heterocycles. The fraction of sp³-hybridized carbons (Fsp3) is 0.750. The summed E-state index contributed by atoms with van der Waals surface area (Å²) in [5.74, 6) is 2.23. The molecule has 0 atom stereocenters. The highest BCUT2D eigenvalue weighted by molar-refractivity contribution is 7.13. The van der Waals surface area contributed by atoms with Crippen molar-refractivity contribution in [1.29, 1.82) is 0 Å². The van der Waals surface area contributed by atoms with E-state index in [0.29, 0.717) is 5.13 Å². The average Bonchev–Trinajstić information content (AvgIpc) is 3.33. The first kappa shape index (κ1) is 17.5. The summed E-state index contributed by atoms with van der Waals surface area (Å²) in [4.78, 5) is 31.6. The van der Waals surface area contributed by atoms with Crippen molar-refractivity contribution < 1.29 is 9.59 Å². The number of anilines is 1. The van der Waals surface area contributed by atoms with Crippen molar-refractivity contribution in [3.63, 3.8) is 0 Å². The first-order valence-electron chi connectivity index (χ1n) is 10.3. The Bertz CT molecular complexity index is 722. The first-order valence-corrected chi connectivity index (χ1v) is 11.2. The second-order valence-corrected chi connectivity index (χ2v) is 10.2. The lowest BCUT2D eigenvalue weighted by Crippen LogP contribution is -2.62. The van der Waals surface area contributed by atoms with Crippen LogP contribution in [0.3, 0.4) is 0 Å². The SMILES string of the molecule is Cc1csc(NC(=O)CN(C(=O)NC23CC4CC(CC(C4)C2)C3)C2CC2)n1. The molecule has 0 aliphatic heterocycles. The molecule has 1 aromatic heterocycles. The van der Waals surface area contributed by atoms with Crippen LogP contribution in [0.15, 0.2) is 5.38 Å². The number of hydrogen-bond donors (Lipinski definition) is 2. The molecule has 0 saturated heterocycles. The summed E-state index contributed by atoms with van der Waals surface area (Å²) in [5.41, 5.74) is 0.885. The third-order valence-electron chi connectivity index (χ3n) is 6.84. The monoisotopic (exact) mass is 388 g/mol. The maximum Gasteiger partial charge on any atom is 0.318 e. The smallest absolute Gasteiger partial charge is 0.318 e. The molecule has 5 aliphatic carbocycles. The van der Waals surface area contributed by atoms with E-state index >= 15 is 0 Å². The lowest BCUT2D eigenvalue weighted by molar-refractivity contribution is -0.117. The predicted octanol–water partition coefficient (Wildman–Crippen LogP) is 3.53. The van der Waals surface area contributed by atoms with E-state index in [1.54, 1.807) is 4.90 Å². The van der Waals surface area contributed by atoms with E-state index in [0.717, 1.165) is 55.6 Å². The molecular formula is C20H28N4O2S. The van der Waals surface area contributed by atoms with Gasteiger partial charge in [0.05, 0.1) is 5.69 Å². The van der Waals surface area contributed by atoms with Crippen molar-refractivity contribution in [2.75, 3.05) is 11.9 Å². The van der Waals surface area contributed by atoms with Gasteiger partial charge in [0, 0.05) is 17.0 Å². The quantitative estimate of drug-likeness (QED) is 0.810. The fourth-order valence-electron chi connectivity index (χ4n) is 6.04. The van der Waals surface area contributed by atoms with Crippen molar-refractivity contribution in [3.8, 4) is 0 Å². The Balaban J connectivity index is 1.24. The number of nitrogens with one attached hydrogen (secondary N) is 2. The molecule has 1 aromatic rings. The Labute approximate surface area is 164 Å². The number of carbonyl (C=O) groups is 2. The van der Waals surface area contributed by atoms with Gasteiger partial charge in [0.1, 0.15) is 6.54 Å². The highest BCUT2D eigenvalue weighted by Gasteiger charge is 2.52. The Morgan fingerprint density at radius 1 is 1.19 bits per heavy atom. The molecular weight excluding hydrogens is 360 g/mol. The first-order chi connectivity index (χ1) is 13.0. The molecule has 6 nitrogen and oxygen atoms in total. The van der Waals surface area contributed by atoms with Crippen LogP contribution in [0.25, 0.3) is 0 Å². The standard InChI is InChI=1S/C20H28N4O2S/c1-12-11-27-18(21-12)22-17(25)10-24(16-2-3-16)19(26)23-20-7-13-4-14(8-20)6-15(5-13)9-20/h11,13-16H,2-10H2,1H3,(H,23,26)(H,21,22,25). The third kappa shape index (κ3) is 3.58. The van der Waals surface area contributed by atoms with E-state index in [4.69, 9.17) is 0 Å². The van der Waals surface area contributed by atoms with Gasteiger partial charge in [-0.25, -0.2) is 9.78 Å². The average molecular weight is 389 g/mol. The minimum absolute atomic E-state index is 0.0120. The zero-order valence-electron chi connectivity index (χ0n) is 15.9. The molecule has 146 valence electrons. The van der Waals surface area contributed by atoms with Crippen LogP contribution in [-0.2, 0) is 4.79 Å². The molecule has 27 heavy (non-hydrogen) atoms. The summed E-state index contributed by atoms with van der Waals surface area (Å²) < 4.78 is 0. The van der Waals surface area contributed by atoms with Crippen LogP contribution in [0.1, 0.15) is 57.1 Å². The van der Waals surface area contributed by atoms with Crippen LogP contribution in [-0.4, -0.2) is 39.9 Å². The minimum Gasteiger partial charge on any atom is -0.333 e. The number of aryl methyl sites for hydroxylation is 1. The second kappa shape index (κ2) is 6.47. The van der Waals surface area contributed by atoms with Crippen LogP contribution in [0.5, 0.6) is 0 Å².